The second kappa shape index (κ2) is 3.44. The summed E-state index contributed by atoms with van der Waals surface area (Å²) in [6.45, 7) is 0. The van der Waals surface area contributed by atoms with E-state index in [-0.39, 0.29) is 17.5 Å². The van der Waals surface area contributed by atoms with Gasteiger partial charge in [-0.25, -0.2) is 4.39 Å². The number of halogens is 1. The second-order valence-corrected chi connectivity index (χ2v) is 5.58. The topological polar surface area (TPSA) is 30.2 Å². The van der Waals surface area contributed by atoms with Gasteiger partial charge in [0.1, 0.15) is 11.4 Å². The fourth-order valence-corrected chi connectivity index (χ4v) is 3.27. The first-order valence-electron chi connectivity index (χ1n) is 6.44. The van der Waals surface area contributed by atoms with Crippen LogP contribution in [0, 0.1) is 23.6 Å². The van der Waals surface area contributed by atoms with E-state index in [4.69, 9.17) is 4.42 Å². The van der Waals surface area contributed by atoms with Crippen molar-refractivity contribution in [3.63, 3.8) is 0 Å². The molecule has 0 amide bonds. The minimum absolute atomic E-state index is 0.0961. The third-order valence-corrected chi connectivity index (χ3v) is 4.34. The molecule has 4 rings (SSSR count). The third kappa shape index (κ3) is 1.50. The SMILES string of the molecule is O=C(c1cc2cc(F)ccc2o1)C1CC2CC2C1. The normalized spacial score (nSPS) is 29.5. The Morgan fingerprint density at radius 3 is 2.72 bits per heavy atom. The fourth-order valence-electron chi connectivity index (χ4n) is 3.27. The number of hydrogen-bond donors (Lipinski definition) is 0. The number of carbonyl (C=O) groups is 1. The minimum Gasteiger partial charge on any atom is -0.453 e. The highest BCUT2D eigenvalue weighted by molar-refractivity contribution is 5.99. The molecule has 0 radical (unpaired) electrons. The van der Waals surface area contributed by atoms with E-state index < -0.39 is 0 Å². The number of ketones is 1. The number of Topliss-reactive ketones (excluding diaryl/α,β-unsaturated/α-hetero) is 1. The molecule has 3 heteroatoms. The third-order valence-electron chi connectivity index (χ3n) is 4.34. The minimum atomic E-state index is -0.301. The maximum atomic E-state index is 13.1. The van der Waals surface area contributed by atoms with Gasteiger partial charge in [0.2, 0.25) is 5.78 Å². The Hall–Kier alpha value is -1.64. The maximum absolute atomic E-state index is 13.1. The largest absolute Gasteiger partial charge is 0.453 e. The lowest BCUT2D eigenvalue weighted by Crippen LogP contribution is -2.11. The van der Waals surface area contributed by atoms with Gasteiger partial charge in [0.25, 0.3) is 0 Å². The van der Waals surface area contributed by atoms with Crippen LogP contribution in [-0.2, 0) is 0 Å². The highest BCUT2D eigenvalue weighted by atomic mass is 19.1. The summed E-state index contributed by atoms with van der Waals surface area (Å²) in [6.07, 6.45) is 3.32. The Morgan fingerprint density at radius 2 is 1.94 bits per heavy atom. The Morgan fingerprint density at radius 1 is 1.17 bits per heavy atom. The van der Waals surface area contributed by atoms with Crippen molar-refractivity contribution in [2.45, 2.75) is 19.3 Å². The van der Waals surface area contributed by atoms with Gasteiger partial charge in [-0.15, -0.1) is 0 Å². The lowest BCUT2D eigenvalue weighted by molar-refractivity contribution is 0.0888. The van der Waals surface area contributed by atoms with Gasteiger partial charge in [-0.05, 0) is 55.4 Å². The number of hydrogen-bond acceptors (Lipinski definition) is 2. The summed E-state index contributed by atoms with van der Waals surface area (Å²) >= 11 is 0. The Balaban J connectivity index is 1.67. The molecule has 92 valence electrons. The van der Waals surface area contributed by atoms with Crippen molar-refractivity contribution in [3.05, 3.63) is 35.8 Å². The van der Waals surface area contributed by atoms with Crippen LogP contribution in [0.1, 0.15) is 29.8 Å². The lowest BCUT2D eigenvalue weighted by atomic mass is 9.97. The number of benzene rings is 1. The summed E-state index contributed by atoms with van der Waals surface area (Å²) < 4.78 is 18.6. The average molecular weight is 244 g/mol. The van der Waals surface area contributed by atoms with Crippen molar-refractivity contribution in [2.75, 3.05) is 0 Å². The molecule has 2 aliphatic rings. The van der Waals surface area contributed by atoms with E-state index in [2.05, 4.69) is 0 Å². The molecule has 2 unspecified atom stereocenters. The molecule has 18 heavy (non-hydrogen) atoms. The summed E-state index contributed by atoms with van der Waals surface area (Å²) in [5, 5.41) is 0.668. The van der Waals surface area contributed by atoms with E-state index in [1.54, 1.807) is 12.1 Å². The number of rotatable bonds is 2. The molecule has 2 saturated carbocycles. The summed E-state index contributed by atoms with van der Waals surface area (Å²) in [5.41, 5.74) is 0.586. The molecule has 0 N–H and O–H groups in total. The molecule has 0 saturated heterocycles. The standard InChI is InChI=1S/C15H13FO2/c16-12-1-2-13-10(6-12)7-14(18-13)15(17)11-4-8-3-9(8)5-11/h1-2,6-9,11H,3-5H2. The van der Waals surface area contributed by atoms with Gasteiger partial charge < -0.3 is 4.42 Å². The molecule has 2 aliphatic carbocycles. The van der Waals surface area contributed by atoms with Gasteiger partial charge in [0.15, 0.2) is 5.76 Å². The summed E-state index contributed by atoms with van der Waals surface area (Å²) in [5.74, 6) is 1.87. The van der Waals surface area contributed by atoms with Gasteiger partial charge in [-0.2, -0.15) is 0 Å². The van der Waals surface area contributed by atoms with Crippen LogP contribution in [0.25, 0.3) is 11.0 Å². The maximum Gasteiger partial charge on any atom is 0.201 e. The van der Waals surface area contributed by atoms with Crippen LogP contribution >= 0.6 is 0 Å². The van der Waals surface area contributed by atoms with Gasteiger partial charge in [0.05, 0.1) is 0 Å². The first kappa shape index (κ1) is 10.3. The first-order chi connectivity index (χ1) is 8.70. The molecule has 2 aromatic rings. The van der Waals surface area contributed by atoms with E-state index in [0.717, 1.165) is 24.7 Å². The Kier molecular flexibility index (Phi) is 1.97. The van der Waals surface area contributed by atoms with Crippen molar-refractivity contribution in [3.8, 4) is 0 Å². The molecule has 1 heterocycles. The van der Waals surface area contributed by atoms with Crippen LogP contribution in [0.15, 0.2) is 28.7 Å². The van der Waals surface area contributed by atoms with E-state index in [1.165, 1.54) is 18.6 Å². The molecular formula is C15H13FO2. The van der Waals surface area contributed by atoms with Gasteiger partial charge in [-0.3, -0.25) is 4.79 Å². The van der Waals surface area contributed by atoms with Crippen LogP contribution in [-0.4, -0.2) is 5.78 Å². The lowest BCUT2D eigenvalue weighted by Gasteiger charge is -2.07. The molecule has 2 nitrogen and oxygen atoms in total. The van der Waals surface area contributed by atoms with E-state index in [9.17, 15) is 9.18 Å². The van der Waals surface area contributed by atoms with E-state index in [1.807, 2.05) is 0 Å². The van der Waals surface area contributed by atoms with Crippen molar-refractivity contribution in [2.24, 2.45) is 17.8 Å². The van der Waals surface area contributed by atoms with Crippen molar-refractivity contribution in [1.82, 2.24) is 0 Å². The predicted octanol–water partition coefficient (Wildman–Crippen LogP) is 3.80. The van der Waals surface area contributed by atoms with Crippen molar-refractivity contribution < 1.29 is 13.6 Å². The second-order valence-electron chi connectivity index (χ2n) is 5.58. The zero-order valence-electron chi connectivity index (χ0n) is 9.86. The molecule has 0 bridgehead atoms. The summed E-state index contributed by atoms with van der Waals surface area (Å²) in [7, 11) is 0. The van der Waals surface area contributed by atoms with Crippen LogP contribution in [0.5, 0.6) is 0 Å². The van der Waals surface area contributed by atoms with Crippen molar-refractivity contribution >= 4 is 16.8 Å². The van der Waals surface area contributed by atoms with Crippen molar-refractivity contribution in [1.29, 1.82) is 0 Å². The average Bonchev–Trinajstić information content (AvgIpc) is 2.81. The molecule has 0 spiro atoms. The van der Waals surface area contributed by atoms with Gasteiger partial charge in [-0.1, -0.05) is 0 Å². The zero-order chi connectivity index (χ0) is 12.3. The van der Waals surface area contributed by atoms with Gasteiger partial charge in [0, 0.05) is 11.3 Å². The zero-order valence-corrected chi connectivity index (χ0v) is 9.86. The Bertz CT molecular complexity index is 633. The molecule has 2 atom stereocenters. The quantitative estimate of drug-likeness (QED) is 0.752. The van der Waals surface area contributed by atoms with E-state index in [0.29, 0.717) is 16.7 Å². The monoisotopic (exact) mass is 244 g/mol. The molecule has 1 aromatic heterocycles. The van der Waals surface area contributed by atoms with Crippen LogP contribution in [0.3, 0.4) is 0 Å². The highest BCUT2D eigenvalue weighted by Gasteiger charge is 2.48. The van der Waals surface area contributed by atoms with Gasteiger partial charge >= 0.3 is 0 Å². The molecule has 1 aromatic carbocycles. The molecule has 0 aliphatic heterocycles. The number of fused-ring (bicyclic) bond motifs is 2. The number of carbonyl (C=O) groups excluding carboxylic acids is 1. The van der Waals surface area contributed by atoms with Crippen LogP contribution in [0.4, 0.5) is 4.39 Å². The smallest absolute Gasteiger partial charge is 0.201 e. The Labute approximate surface area is 104 Å². The predicted molar refractivity (Wildman–Crippen MR) is 64.8 cm³/mol. The molecule has 2 fully saturated rings. The van der Waals surface area contributed by atoms with Crippen LogP contribution < -0.4 is 0 Å². The highest BCUT2D eigenvalue weighted by Crippen LogP contribution is 2.55. The number of furan rings is 1. The van der Waals surface area contributed by atoms with Crippen LogP contribution in [0.2, 0.25) is 0 Å². The summed E-state index contributed by atoms with van der Waals surface area (Å²) in [6, 6.07) is 6.00. The van der Waals surface area contributed by atoms with E-state index >= 15 is 0 Å². The summed E-state index contributed by atoms with van der Waals surface area (Å²) in [4.78, 5) is 12.3. The first-order valence-corrected chi connectivity index (χ1v) is 6.44. The molecular weight excluding hydrogens is 231 g/mol. The fraction of sp³-hybridized carbons (Fsp3) is 0.400.